The molecule has 3 aromatic carbocycles. The number of fused-ring (bicyclic) bond motifs is 1. The maximum atomic E-state index is 10.6. The molecule has 0 spiro atoms. The summed E-state index contributed by atoms with van der Waals surface area (Å²) in [5, 5.41) is 14.0. The number of piperazine rings is 1. The molecule has 0 saturated carbocycles. The van der Waals surface area contributed by atoms with Gasteiger partial charge in [0, 0.05) is 55.7 Å². The van der Waals surface area contributed by atoms with Crippen LogP contribution in [0.3, 0.4) is 0 Å². The molecule has 0 amide bonds. The Morgan fingerprint density at radius 2 is 1.69 bits per heavy atom. The standard InChI is InChI=1S/C30H35N3O2/c1-23-7-10-26-20-29(13-14-30(26)31-23)35-22-28(34)21-32-15-17-33(18-16-32)27-11-8-25(9-12-27)19-24-5-3-2-4-6-24/h2-14,20,23,28,31,34H,15-19,21-22H2,1H3/t23?,28-/m0/s1. The van der Waals surface area contributed by atoms with Crippen LogP contribution in [0, 0.1) is 0 Å². The van der Waals surface area contributed by atoms with E-state index < -0.39 is 6.10 Å². The van der Waals surface area contributed by atoms with Gasteiger partial charge in [0.05, 0.1) is 0 Å². The van der Waals surface area contributed by atoms with E-state index in [-0.39, 0.29) is 0 Å². The molecule has 2 aliphatic rings. The Balaban J connectivity index is 1.06. The van der Waals surface area contributed by atoms with Crippen LogP contribution in [0.5, 0.6) is 5.75 Å². The summed E-state index contributed by atoms with van der Waals surface area (Å²) in [6.45, 7) is 6.88. The molecule has 5 heteroatoms. The van der Waals surface area contributed by atoms with Crippen molar-refractivity contribution in [3.05, 3.63) is 95.6 Å². The van der Waals surface area contributed by atoms with Crippen molar-refractivity contribution in [2.45, 2.75) is 25.5 Å². The molecule has 1 fully saturated rings. The molecule has 182 valence electrons. The fourth-order valence-electron chi connectivity index (χ4n) is 4.83. The largest absolute Gasteiger partial charge is 0.491 e. The summed E-state index contributed by atoms with van der Waals surface area (Å²) >= 11 is 0. The van der Waals surface area contributed by atoms with Crippen molar-refractivity contribution in [2.24, 2.45) is 0 Å². The summed E-state index contributed by atoms with van der Waals surface area (Å²) in [6, 6.07) is 25.9. The average Bonchev–Trinajstić information content (AvgIpc) is 2.89. The van der Waals surface area contributed by atoms with Crippen molar-refractivity contribution >= 4 is 17.5 Å². The summed E-state index contributed by atoms with van der Waals surface area (Å²) in [4.78, 5) is 4.76. The summed E-state index contributed by atoms with van der Waals surface area (Å²) in [7, 11) is 0. The number of hydrogen-bond acceptors (Lipinski definition) is 5. The molecule has 2 N–H and O–H groups in total. The van der Waals surface area contributed by atoms with Gasteiger partial charge in [-0.1, -0.05) is 54.6 Å². The summed E-state index contributed by atoms with van der Waals surface area (Å²) in [6.07, 6.45) is 4.71. The number of β-amino-alcohol motifs (C(OH)–C–C–N with tert-alkyl or cyclic N) is 1. The maximum absolute atomic E-state index is 10.6. The van der Waals surface area contributed by atoms with Crippen molar-refractivity contribution in [3.8, 4) is 5.75 Å². The van der Waals surface area contributed by atoms with E-state index in [1.807, 2.05) is 18.2 Å². The lowest BCUT2D eigenvalue weighted by molar-refractivity contribution is 0.0663. The Morgan fingerprint density at radius 3 is 2.46 bits per heavy atom. The van der Waals surface area contributed by atoms with Crippen LogP contribution in [0.4, 0.5) is 11.4 Å². The zero-order chi connectivity index (χ0) is 24.0. The van der Waals surface area contributed by atoms with Gasteiger partial charge in [0.1, 0.15) is 18.5 Å². The van der Waals surface area contributed by atoms with Crippen molar-refractivity contribution in [1.82, 2.24) is 4.90 Å². The number of aliphatic hydroxyl groups is 1. The van der Waals surface area contributed by atoms with Crippen LogP contribution in [0.25, 0.3) is 6.08 Å². The van der Waals surface area contributed by atoms with Gasteiger partial charge in [-0.2, -0.15) is 0 Å². The van der Waals surface area contributed by atoms with Crippen LogP contribution >= 0.6 is 0 Å². The average molecular weight is 470 g/mol. The molecule has 2 aliphatic heterocycles. The number of benzene rings is 3. The number of rotatable bonds is 8. The van der Waals surface area contributed by atoms with E-state index in [2.05, 4.69) is 88.8 Å². The number of hydrogen-bond donors (Lipinski definition) is 2. The Morgan fingerprint density at radius 1 is 0.943 bits per heavy atom. The fourth-order valence-corrected chi connectivity index (χ4v) is 4.83. The third-order valence-corrected chi connectivity index (χ3v) is 6.81. The van der Waals surface area contributed by atoms with Crippen molar-refractivity contribution < 1.29 is 9.84 Å². The predicted molar refractivity (Wildman–Crippen MR) is 144 cm³/mol. The Hall–Kier alpha value is -3.28. The molecule has 2 atom stereocenters. The van der Waals surface area contributed by atoms with Crippen LogP contribution in [0.15, 0.2) is 78.9 Å². The minimum Gasteiger partial charge on any atom is -0.491 e. The van der Waals surface area contributed by atoms with Crippen molar-refractivity contribution in [2.75, 3.05) is 49.5 Å². The smallest absolute Gasteiger partial charge is 0.120 e. The monoisotopic (exact) mass is 469 g/mol. The van der Waals surface area contributed by atoms with Gasteiger partial charge in [0.2, 0.25) is 0 Å². The highest BCUT2D eigenvalue weighted by atomic mass is 16.5. The number of anilines is 2. The van der Waals surface area contributed by atoms with Crippen molar-refractivity contribution in [3.63, 3.8) is 0 Å². The minimum atomic E-state index is -0.511. The second-order valence-electron chi connectivity index (χ2n) is 9.62. The fraction of sp³-hybridized carbons (Fsp3) is 0.333. The Kier molecular flexibility index (Phi) is 7.36. The van der Waals surface area contributed by atoms with Gasteiger partial charge in [0.15, 0.2) is 0 Å². The van der Waals surface area contributed by atoms with Gasteiger partial charge in [0.25, 0.3) is 0 Å². The first-order chi connectivity index (χ1) is 17.1. The molecule has 0 aliphatic carbocycles. The Labute approximate surface area is 208 Å². The number of nitrogens with zero attached hydrogens (tertiary/aromatic N) is 2. The molecular weight excluding hydrogens is 434 g/mol. The first-order valence-electron chi connectivity index (χ1n) is 12.6. The maximum Gasteiger partial charge on any atom is 0.120 e. The lowest BCUT2D eigenvalue weighted by Gasteiger charge is -2.37. The van der Waals surface area contributed by atoms with Crippen LogP contribution < -0.4 is 15.0 Å². The molecule has 0 bridgehead atoms. The van der Waals surface area contributed by atoms with Crippen LogP contribution in [0.2, 0.25) is 0 Å². The van der Waals surface area contributed by atoms with E-state index in [0.29, 0.717) is 19.2 Å². The van der Waals surface area contributed by atoms with Crippen LogP contribution in [-0.4, -0.2) is 61.5 Å². The second-order valence-corrected chi connectivity index (χ2v) is 9.62. The molecule has 5 rings (SSSR count). The van der Waals surface area contributed by atoms with E-state index in [0.717, 1.165) is 49.6 Å². The highest BCUT2D eigenvalue weighted by Crippen LogP contribution is 2.27. The molecule has 1 unspecified atom stereocenters. The first kappa shape index (κ1) is 23.5. The molecule has 2 heterocycles. The van der Waals surface area contributed by atoms with E-state index >= 15 is 0 Å². The van der Waals surface area contributed by atoms with Gasteiger partial charge in [-0.3, -0.25) is 4.90 Å². The second kappa shape index (κ2) is 11.0. The lowest BCUT2D eigenvalue weighted by atomic mass is 10.0. The van der Waals surface area contributed by atoms with Gasteiger partial charge < -0.3 is 20.1 Å². The molecule has 0 radical (unpaired) electrons. The topological polar surface area (TPSA) is 48.0 Å². The van der Waals surface area contributed by atoms with Gasteiger partial charge in [-0.05, 0) is 54.8 Å². The minimum absolute atomic E-state index is 0.301. The predicted octanol–water partition coefficient (Wildman–Crippen LogP) is 4.67. The van der Waals surface area contributed by atoms with Gasteiger partial charge in [-0.25, -0.2) is 0 Å². The number of aliphatic hydroxyl groups excluding tert-OH is 1. The summed E-state index contributed by atoms with van der Waals surface area (Å²) in [5.74, 6) is 0.796. The normalized spacial score (nSPS) is 18.6. The molecule has 5 nitrogen and oxygen atoms in total. The van der Waals surface area contributed by atoms with Crippen LogP contribution in [-0.2, 0) is 6.42 Å². The van der Waals surface area contributed by atoms with Gasteiger partial charge >= 0.3 is 0 Å². The third kappa shape index (κ3) is 6.24. The SMILES string of the molecule is CC1C=Cc2cc(OC[C@@H](O)CN3CCN(c4ccc(Cc5ccccc5)cc4)CC3)ccc2N1. The molecule has 35 heavy (non-hydrogen) atoms. The third-order valence-electron chi connectivity index (χ3n) is 6.81. The highest BCUT2D eigenvalue weighted by molar-refractivity contribution is 5.72. The quantitative estimate of drug-likeness (QED) is 0.502. The van der Waals surface area contributed by atoms with E-state index in [9.17, 15) is 5.11 Å². The van der Waals surface area contributed by atoms with Gasteiger partial charge in [-0.15, -0.1) is 0 Å². The highest BCUT2D eigenvalue weighted by Gasteiger charge is 2.20. The number of ether oxygens (including phenoxy) is 1. The summed E-state index contributed by atoms with van der Waals surface area (Å²) in [5.41, 5.74) is 6.19. The Bertz CT molecular complexity index is 1120. The zero-order valence-electron chi connectivity index (χ0n) is 20.4. The zero-order valence-corrected chi connectivity index (χ0v) is 20.4. The van der Waals surface area contributed by atoms with E-state index in [4.69, 9.17) is 4.74 Å². The van der Waals surface area contributed by atoms with E-state index in [1.165, 1.54) is 16.8 Å². The molecule has 3 aromatic rings. The summed E-state index contributed by atoms with van der Waals surface area (Å²) < 4.78 is 5.90. The van der Waals surface area contributed by atoms with E-state index in [1.54, 1.807) is 0 Å². The molecular formula is C30H35N3O2. The molecule has 1 saturated heterocycles. The van der Waals surface area contributed by atoms with Crippen LogP contribution in [0.1, 0.15) is 23.6 Å². The first-order valence-corrected chi connectivity index (χ1v) is 12.6. The lowest BCUT2D eigenvalue weighted by Crippen LogP contribution is -2.49. The number of nitrogens with one attached hydrogen (secondary N) is 1. The van der Waals surface area contributed by atoms with Crippen molar-refractivity contribution in [1.29, 1.82) is 0 Å². The molecule has 0 aromatic heterocycles.